The van der Waals surface area contributed by atoms with Gasteiger partial charge in [0.1, 0.15) is 5.75 Å². The van der Waals surface area contributed by atoms with Gasteiger partial charge in [0.25, 0.3) is 0 Å². The summed E-state index contributed by atoms with van der Waals surface area (Å²) in [6.07, 6.45) is 6.91. The molecule has 3 rings (SSSR count). The molecule has 2 aliphatic rings. The summed E-state index contributed by atoms with van der Waals surface area (Å²) >= 11 is 0. The molecule has 0 saturated carbocycles. The summed E-state index contributed by atoms with van der Waals surface area (Å²) in [5, 5.41) is 0. The molecule has 138 valence electrons. The van der Waals surface area contributed by atoms with Gasteiger partial charge in [0, 0.05) is 12.2 Å². The van der Waals surface area contributed by atoms with E-state index in [0.29, 0.717) is 12.5 Å². The molecule has 25 heavy (non-hydrogen) atoms. The van der Waals surface area contributed by atoms with Crippen molar-refractivity contribution in [1.29, 1.82) is 0 Å². The highest BCUT2D eigenvalue weighted by molar-refractivity contribution is 6.00. The van der Waals surface area contributed by atoms with Crippen LogP contribution in [0.4, 0.5) is 5.69 Å². The van der Waals surface area contributed by atoms with E-state index in [2.05, 4.69) is 11.8 Å². The second-order valence-electron chi connectivity index (χ2n) is 7.46. The number of carbonyl (C=O) groups is 1. The molecule has 1 aromatic rings. The van der Waals surface area contributed by atoms with Gasteiger partial charge in [0.2, 0.25) is 5.91 Å². The Kier molecular flexibility index (Phi) is 6.00. The van der Waals surface area contributed by atoms with Gasteiger partial charge in [-0.05, 0) is 76.5 Å². The number of piperidine rings is 1. The summed E-state index contributed by atoms with van der Waals surface area (Å²) in [4.78, 5) is 17.7. The lowest BCUT2D eigenvalue weighted by atomic mass is 9.77. The normalized spacial score (nSPS) is 20.4. The quantitative estimate of drug-likeness (QED) is 0.698. The first kappa shape index (κ1) is 18.2. The van der Waals surface area contributed by atoms with Gasteiger partial charge in [-0.1, -0.05) is 19.8 Å². The van der Waals surface area contributed by atoms with Crippen molar-refractivity contribution in [3.8, 4) is 5.75 Å². The van der Waals surface area contributed by atoms with E-state index in [1.54, 1.807) is 0 Å². The molecule has 0 bridgehead atoms. The Bertz CT molecular complexity index is 562. The van der Waals surface area contributed by atoms with E-state index in [1.807, 2.05) is 36.1 Å². The second-order valence-corrected chi connectivity index (χ2v) is 7.46. The fraction of sp³-hybridized carbons (Fsp3) is 0.667. The average Bonchev–Trinajstić information content (AvgIpc) is 2.95. The molecule has 2 saturated heterocycles. The molecular weight excluding hydrogens is 312 g/mol. The molecule has 4 nitrogen and oxygen atoms in total. The van der Waals surface area contributed by atoms with Crippen LogP contribution in [-0.2, 0) is 4.79 Å². The summed E-state index contributed by atoms with van der Waals surface area (Å²) < 4.78 is 5.50. The highest BCUT2D eigenvalue weighted by Gasteiger charge is 2.48. The predicted octanol–water partition coefficient (Wildman–Crippen LogP) is 4.09. The van der Waals surface area contributed by atoms with Crippen molar-refractivity contribution in [3.05, 3.63) is 24.3 Å². The van der Waals surface area contributed by atoms with E-state index in [-0.39, 0.29) is 5.41 Å². The van der Waals surface area contributed by atoms with E-state index in [0.717, 1.165) is 50.3 Å². The van der Waals surface area contributed by atoms with E-state index in [4.69, 9.17) is 4.74 Å². The van der Waals surface area contributed by atoms with Gasteiger partial charge >= 0.3 is 0 Å². The number of ether oxygens (including phenoxy) is 1. The molecule has 0 aromatic heterocycles. The summed E-state index contributed by atoms with van der Waals surface area (Å²) in [7, 11) is 0. The monoisotopic (exact) mass is 344 g/mol. The van der Waals surface area contributed by atoms with E-state index >= 15 is 0 Å². The first-order valence-electron chi connectivity index (χ1n) is 9.96. The topological polar surface area (TPSA) is 32.8 Å². The van der Waals surface area contributed by atoms with Gasteiger partial charge in [0.05, 0.1) is 12.0 Å². The molecule has 1 spiro atoms. The van der Waals surface area contributed by atoms with E-state index in [9.17, 15) is 4.79 Å². The number of unbranched alkanes of at least 4 members (excludes halogenated alkanes) is 2. The number of hydrogen-bond donors (Lipinski definition) is 0. The SMILES string of the molecule is CCCCCN1CCC2(CC1)CCN(c1ccc(OCC)cc1)C2=O. The van der Waals surface area contributed by atoms with Crippen molar-refractivity contribution in [2.24, 2.45) is 5.41 Å². The van der Waals surface area contributed by atoms with Crippen molar-refractivity contribution < 1.29 is 9.53 Å². The van der Waals surface area contributed by atoms with Crippen LogP contribution in [0.15, 0.2) is 24.3 Å². The summed E-state index contributed by atoms with van der Waals surface area (Å²) in [5.74, 6) is 1.21. The van der Waals surface area contributed by atoms with E-state index in [1.165, 1.54) is 25.8 Å². The fourth-order valence-corrected chi connectivity index (χ4v) is 4.21. The van der Waals surface area contributed by atoms with Crippen LogP contribution in [0.25, 0.3) is 0 Å². The highest BCUT2D eigenvalue weighted by Crippen LogP contribution is 2.43. The summed E-state index contributed by atoms with van der Waals surface area (Å²) in [6.45, 7) is 9.09. The van der Waals surface area contributed by atoms with Crippen LogP contribution in [0.2, 0.25) is 0 Å². The fourth-order valence-electron chi connectivity index (χ4n) is 4.21. The van der Waals surface area contributed by atoms with Crippen LogP contribution >= 0.6 is 0 Å². The minimum atomic E-state index is -0.111. The largest absolute Gasteiger partial charge is 0.494 e. The zero-order valence-electron chi connectivity index (χ0n) is 15.8. The number of hydrogen-bond acceptors (Lipinski definition) is 3. The summed E-state index contributed by atoms with van der Waals surface area (Å²) in [6, 6.07) is 7.96. The van der Waals surface area contributed by atoms with Crippen LogP contribution in [0.5, 0.6) is 5.75 Å². The third-order valence-corrected chi connectivity index (χ3v) is 5.86. The Morgan fingerprint density at radius 3 is 2.32 bits per heavy atom. The molecule has 0 unspecified atom stereocenters. The van der Waals surface area contributed by atoms with Gasteiger partial charge in [-0.2, -0.15) is 0 Å². The lowest BCUT2D eigenvalue weighted by Gasteiger charge is -2.38. The highest BCUT2D eigenvalue weighted by atomic mass is 16.5. The molecular formula is C21H32N2O2. The number of amides is 1. The zero-order valence-corrected chi connectivity index (χ0v) is 15.8. The van der Waals surface area contributed by atoms with Crippen LogP contribution < -0.4 is 9.64 Å². The lowest BCUT2D eigenvalue weighted by Crippen LogP contribution is -2.45. The van der Waals surface area contributed by atoms with Crippen LogP contribution in [0.3, 0.4) is 0 Å². The number of likely N-dealkylation sites (tertiary alicyclic amines) is 1. The van der Waals surface area contributed by atoms with Gasteiger partial charge in [-0.3, -0.25) is 4.79 Å². The second kappa shape index (κ2) is 8.22. The minimum Gasteiger partial charge on any atom is -0.494 e. The molecule has 2 fully saturated rings. The number of rotatable bonds is 7. The zero-order chi connectivity index (χ0) is 17.7. The number of nitrogens with zero attached hydrogens (tertiary/aromatic N) is 2. The van der Waals surface area contributed by atoms with Crippen LogP contribution in [0.1, 0.15) is 52.4 Å². The average molecular weight is 344 g/mol. The van der Waals surface area contributed by atoms with Crippen LogP contribution in [-0.4, -0.2) is 43.6 Å². The smallest absolute Gasteiger partial charge is 0.233 e. The van der Waals surface area contributed by atoms with Crippen molar-refractivity contribution in [2.45, 2.75) is 52.4 Å². The van der Waals surface area contributed by atoms with Crippen LogP contribution in [0, 0.1) is 5.41 Å². The number of carbonyl (C=O) groups excluding carboxylic acids is 1. The molecule has 0 radical (unpaired) electrons. The maximum Gasteiger partial charge on any atom is 0.233 e. The predicted molar refractivity (Wildman–Crippen MR) is 102 cm³/mol. The number of benzene rings is 1. The van der Waals surface area contributed by atoms with Gasteiger partial charge < -0.3 is 14.5 Å². The van der Waals surface area contributed by atoms with Crippen molar-refractivity contribution in [1.82, 2.24) is 4.90 Å². The Morgan fingerprint density at radius 2 is 1.68 bits per heavy atom. The maximum atomic E-state index is 13.1. The third-order valence-electron chi connectivity index (χ3n) is 5.86. The van der Waals surface area contributed by atoms with Crippen molar-refractivity contribution in [3.63, 3.8) is 0 Å². The molecule has 4 heteroatoms. The van der Waals surface area contributed by atoms with Gasteiger partial charge in [-0.15, -0.1) is 0 Å². The van der Waals surface area contributed by atoms with E-state index < -0.39 is 0 Å². The lowest BCUT2D eigenvalue weighted by molar-refractivity contribution is -0.128. The Morgan fingerprint density at radius 1 is 1.00 bits per heavy atom. The molecule has 2 heterocycles. The Labute approximate surface area is 152 Å². The maximum absolute atomic E-state index is 13.1. The molecule has 2 aliphatic heterocycles. The first-order chi connectivity index (χ1) is 12.2. The van der Waals surface area contributed by atoms with Crippen molar-refractivity contribution >= 4 is 11.6 Å². The Hall–Kier alpha value is -1.55. The van der Waals surface area contributed by atoms with Gasteiger partial charge in [-0.25, -0.2) is 0 Å². The molecule has 0 N–H and O–H groups in total. The standard InChI is InChI=1S/C21H32N2O2/c1-3-5-6-14-22-15-11-21(12-16-22)13-17-23(20(21)24)18-7-9-19(10-8-18)25-4-2/h7-10H,3-6,11-17H2,1-2H3. The molecule has 1 aromatic carbocycles. The number of anilines is 1. The van der Waals surface area contributed by atoms with Gasteiger partial charge in [0.15, 0.2) is 0 Å². The third kappa shape index (κ3) is 4.00. The molecule has 0 atom stereocenters. The Balaban J connectivity index is 1.58. The molecule has 1 amide bonds. The first-order valence-corrected chi connectivity index (χ1v) is 9.96. The summed E-state index contributed by atoms with van der Waals surface area (Å²) in [5.41, 5.74) is 0.899. The van der Waals surface area contributed by atoms with Crippen molar-refractivity contribution in [2.75, 3.05) is 37.7 Å². The molecule has 0 aliphatic carbocycles. The minimum absolute atomic E-state index is 0.111.